The van der Waals surface area contributed by atoms with E-state index in [-0.39, 0.29) is 11.8 Å². The molecule has 2 N–H and O–H groups in total. The number of piperazine rings is 1. The Morgan fingerprint density at radius 1 is 1.07 bits per heavy atom. The molecule has 0 spiro atoms. The van der Waals surface area contributed by atoms with Crippen LogP contribution in [0, 0.1) is 0 Å². The van der Waals surface area contributed by atoms with E-state index in [0.717, 1.165) is 56.5 Å². The van der Waals surface area contributed by atoms with Gasteiger partial charge in [0, 0.05) is 36.7 Å². The minimum atomic E-state index is 0.00408. The fourth-order valence-corrected chi connectivity index (χ4v) is 3.73. The molecule has 8 nitrogen and oxygen atoms in total. The van der Waals surface area contributed by atoms with Crippen molar-refractivity contribution >= 4 is 29.1 Å². The van der Waals surface area contributed by atoms with Crippen molar-refractivity contribution in [2.45, 2.75) is 12.8 Å². The van der Waals surface area contributed by atoms with Gasteiger partial charge >= 0.3 is 0 Å². The van der Waals surface area contributed by atoms with Gasteiger partial charge in [-0.2, -0.15) is 0 Å². The van der Waals surface area contributed by atoms with Crippen LogP contribution in [0.4, 0.5) is 17.3 Å². The molecule has 2 saturated heterocycles. The molecular weight excluding hydrogens is 356 g/mol. The second-order valence-electron chi connectivity index (χ2n) is 7.21. The lowest BCUT2D eigenvalue weighted by Gasteiger charge is -2.31. The van der Waals surface area contributed by atoms with Crippen molar-refractivity contribution in [1.29, 1.82) is 0 Å². The SMILES string of the molecule is O=C(C[NH+]1CCN(c2ncccn2)CC1)Nc1ccc(N2CCCC2=O)cc1. The number of anilines is 3. The number of aromatic nitrogens is 2. The fraction of sp³-hybridized carbons (Fsp3) is 0.400. The van der Waals surface area contributed by atoms with Crippen LogP contribution in [0.2, 0.25) is 0 Å². The number of nitrogens with one attached hydrogen (secondary N) is 2. The lowest BCUT2D eigenvalue weighted by molar-refractivity contribution is -0.892. The molecule has 0 atom stereocenters. The van der Waals surface area contributed by atoms with Crippen LogP contribution in [0.3, 0.4) is 0 Å². The Morgan fingerprint density at radius 2 is 1.79 bits per heavy atom. The van der Waals surface area contributed by atoms with E-state index in [0.29, 0.717) is 13.0 Å². The smallest absolute Gasteiger partial charge is 0.279 e. The van der Waals surface area contributed by atoms with Gasteiger partial charge in [-0.25, -0.2) is 9.97 Å². The van der Waals surface area contributed by atoms with E-state index in [4.69, 9.17) is 0 Å². The Labute approximate surface area is 164 Å². The van der Waals surface area contributed by atoms with Crippen molar-refractivity contribution < 1.29 is 14.5 Å². The molecule has 0 bridgehead atoms. The van der Waals surface area contributed by atoms with Crippen molar-refractivity contribution in [3.8, 4) is 0 Å². The van der Waals surface area contributed by atoms with Gasteiger partial charge in [-0.15, -0.1) is 0 Å². The first kappa shape index (κ1) is 18.4. The fourth-order valence-electron chi connectivity index (χ4n) is 3.73. The quantitative estimate of drug-likeness (QED) is 0.759. The molecule has 4 rings (SSSR count). The molecule has 0 radical (unpaired) electrons. The Balaban J connectivity index is 1.25. The lowest BCUT2D eigenvalue weighted by Crippen LogP contribution is -3.15. The van der Waals surface area contributed by atoms with Crippen LogP contribution in [0.25, 0.3) is 0 Å². The van der Waals surface area contributed by atoms with E-state index in [1.54, 1.807) is 17.3 Å². The average molecular weight is 381 g/mol. The summed E-state index contributed by atoms with van der Waals surface area (Å²) >= 11 is 0. The van der Waals surface area contributed by atoms with Gasteiger partial charge in [0.25, 0.3) is 5.91 Å². The summed E-state index contributed by atoms with van der Waals surface area (Å²) in [7, 11) is 0. The summed E-state index contributed by atoms with van der Waals surface area (Å²) < 4.78 is 0. The first-order valence-electron chi connectivity index (χ1n) is 9.75. The van der Waals surface area contributed by atoms with E-state index in [1.165, 1.54) is 4.90 Å². The summed E-state index contributed by atoms with van der Waals surface area (Å²) in [4.78, 5) is 38.0. The third-order valence-electron chi connectivity index (χ3n) is 5.25. The molecule has 2 aromatic rings. The van der Waals surface area contributed by atoms with Gasteiger partial charge in [0.15, 0.2) is 6.54 Å². The minimum absolute atomic E-state index is 0.00408. The summed E-state index contributed by atoms with van der Waals surface area (Å²) in [5.41, 5.74) is 1.65. The van der Waals surface area contributed by atoms with Crippen LogP contribution in [-0.2, 0) is 9.59 Å². The molecular formula is C20H25N6O2+. The third kappa shape index (κ3) is 4.28. The molecule has 1 aromatic carbocycles. The number of rotatable bonds is 5. The standard InChI is InChI=1S/C20H24N6O2/c27-18(15-24-11-13-25(14-12-24)20-21-8-2-9-22-20)23-16-4-6-17(7-5-16)26-10-1-3-19(26)28/h2,4-9H,1,3,10-15H2,(H,23,27)/p+1. The van der Waals surface area contributed by atoms with Crippen molar-refractivity contribution in [2.75, 3.05) is 54.4 Å². The number of amides is 2. The highest BCUT2D eigenvalue weighted by Crippen LogP contribution is 2.22. The number of hydrogen-bond acceptors (Lipinski definition) is 5. The number of carbonyl (C=O) groups is 2. The maximum absolute atomic E-state index is 12.4. The molecule has 2 aliphatic rings. The molecule has 2 amide bonds. The molecule has 3 heterocycles. The van der Waals surface area contributed by atoms with Crippen LogP contribution in [-0.4, -0.2) is 61.1 Å². The van der Waals surface area contributed by atoms with Gasteiger partial charge in [0.05, 0.1) is 26.2 Å². The van der Waals surface area contributed by atoms with Crippen LogP contribution in [0.1, 0.15) is 12.8 Å². The highest BCUT2D eigenvalue weighted by molar-refractivity contribution is 5.96. The summed E-state index contributed by atoms with van der Waals surface area (Å²) in [6.07, 6.45) is 5.02. The van der Waals surface area contributed by atoms with Crippen LogP contribution in [0.15, 0.2) is 42.7 Å². The normalized spacial score (nSPS) is 17.8. The van der Waals surface area contributed by atoms with E-state index in [9.17, 15) is 9.59 Å². The Kier molecular flexibility index (Phi) is 5.48. The van der Waals surface area contributed by atoms with Gasteiger partial charge in [-0.05, 0) is 36.8 Å². The number of benzene rings is 1. The summed E-state index contributed by atoms with van der Waals surface area (Å²) in [5.74, 6) is 0.924. The van der Waals surface area contributed by atoms with Crippen molar-refractivity contribution in [3.05, 3.63) is 42.7 Å². The maximum Gasteiger partial charge on any atom is 0.279 e. The Hall–Kier alpha value is -3.00. The number of nitrogens with zero attached hydrogens (tertiary/aromatic N) is 4. The van der Waals surface area contributed by atoms with Crippen molar-refractivity contribution in [2.24, 2.45) is 0 Å². The number of carbonyl (C=O) groups excluding carboxylic acids is 2. The molecule has 0 aliphatic carbocycles. The van der Waals surface area contributed by atoms with Gasteiger partial charge in [0.2, 0.25) is 11.9 Å². The highest BCUT2D eigenvalue weighted by atomic mass is 16.2. The predicted octanol–water partition coefficient (Wildman–Crippen LogP) is -0.0530. The van der Waals surface area contributed by atoms with E-state index < -0.39 is 0 Å². The minimum Gasteiger partial charge on any atom is -0.330 e. The van der Waals surface area contributed by atoms with Gasteiger partial charge in [-0.3, -0.25) is 9.59 Å². The molecule has 146 valence electrons. The summed E-state index contributed by atoms with van der Waals surface area (Å²) in [6, 6.07) is 9.32. The molecule has 8 heteroatoms. The zero-order valence-electron chi connectivity index (χ0n) is 15.8. The molecule has 1 aromatic heterocycles. The van der Waals surface area contributed by atoms with Gasteiger partial charge < -0.3 is 20.0 Å². The largest absolute Gasteiger partial charge is 0.330 e. The Morgan fingerprint density at radius 3 is 2.43 bits per heavy atom. The van der Waals surface area contributed by atoms with Gasteiger partial charge in [0.1, 0.15) is 0 Å². The third-order valence-corrected chi connectivity index (χ3v) is 5.25. The second-order valence-corrected chi connectivity index (χ2v) is 7.21. The van der Waals surface area contributed by atoms with Gasteiger partial charge in [-0.1, -0.05) is 0 Å². The van der Waals surface area contributed by atoms with Crippen LogP contribution >= 0.6 is 0 Å². The molecule has 2 aliphatic heterocycles. The highest BCUT2D eigenvalue weighted by Gasteiger charge is 2.24. The summed E-state index contributed by atoms with van der Waals surface area (Å²) in [5, 5.41) is 2.96. The molecule has 0 saturated carbocycles. The van der Waals surface area contributed by atoms with E-state index in [1.807, 2.05) is 30.3 Å². The topological polar surface area (TPSA) is 82.9 Å². The first-order chi connectivity index (χ1) is 13.7. The molecule has 2 fully saturated rings. The zero-order chi connectivity index (χ0) is 19.3. The van der Waals surface area contributed by atoms with E-state index >= 15 is 0 Å². The zero-order valence-corrected chi connectivity index (χ0v) is 15.8. The number of quaternary nitrogens is 1. The molecule has 0 unspecified atom stereocenters. The van der Waals surface area contributed by atoms with E-state index in [2.05, 4.69) is 20.2 Å². The second kappa shape index (κ2) is 8.35. The molecule has 28 heavy (non-hydrogen) atoms. The summed E-state index contributed by atoms with van der Waals surface area (Å²) in [6.45, 7) is 4.64. The number of hydrogen-bond donors (Lipinski definition) is 2. The predicted molar refractivity (Wildman–Crippen MR) is 106 cm³/mol. The average Bonchev–Trinajstić information content (AvgIpc) is 3.16. The first-order valence-corrected chi connectivity index (χ1v) is 9.75. The van der Waals surface area contributed by atoms with Crippen molar-refractivity contribution in [1.82, 2.24) is 9.97 Å². The van der Waals surface area contributed by atoms with Crippen LogP contribution in [0.5, 0.6) is 0 Å². The van der Waals surface area contributed by atoms with Crippen LogP contribution < -0.4 is 20.0 Å². The Bertz CT molecular complexity index is 818. The van der Waals surface area contributed by atoms with Crippen molar-refractivity contribution in [3.63, 3.8) is 0 Å². The lowest BCUT2D eigenvalue weighted by atomic mass is 10.2. The monoisotopic (exact) mass is 381 g/mol. The maximum atomic E-state index is 12.4.